The van der Waals surface area contributed by atoms with E-state index < -0.39 is 0 Å². The molecule has 1 fully saturated rings. The molecule has 112 valence electrons. The molecule has 0 unspecified atom stereocenters. The Labute approximate surface area is 125 Å². The molecule has 0 radical (unpaired) electrons. The number of hydrogen-bond acceptors (Lipinski definition) is 5. The SMILES string of the molecule is COc1cc([C@H](N)C2CCNCC2)cc2c1OCO2.Cl. The second-order valence-corrected chi connectivity index (χ2v) is 5.07. The minimum absolute atomic E-state index is 0. The summed E-state index contributed by atoms with van der Waals surface area (Å²) in [6, 6.07) is 3.98. The molecule has 0 aliphatic carbocycles. The summed E-state index contributed by atoms with van der Waals surface area (Å²) in [5.41, 5.74) is 7.47. The van der Waals surface area contributed by atoms with Gasteiger partial charge in [0.15, 0.2) is 11.5 Å². The predicted molar refractivity (Wildman–Crippen MR) is 78.9 cm³/mol. The highest BCUT2D eigenvalue weighted by Gasteiger charge is 2.26. The first-order chi connectivity index (χ1) is 9.29. The third-order valence-electron chi connectivity index (χ3n) is 3.96. The lowest BCUT2D eigenvalue weighted by Crippen LogP contribution is -2.33. The Hall–Kier alpha value is -1.17. The Morgan fingerprint density at radius 2 is 2.05 bits per heavy atom. The van der Waals surface area contributed by atoms with E-state index in [2.05, 4.69) is 5.32 Å². The molecule has 0 bridgehead atoms. The monoisotopic (exact) mass is 300 g/mol. The maximum atomic E-state index is 6.41. The average Bonchev–Trinajstić information content (AvgIpc) is 2.94. The minimum Gasteiger partial charge on any atom is -0.493 e. The van der Waals surface area contributed by atoms with E-state index in [1.165, 1.54) is 0 Å². The second-order valence-electron chi connectivity index (χ2n) is 5.07. The van der Waals surface area contributed by atoms with Gasteiger partial charge >= 0.3 is 0 Å². The zero-order chi connectivity index (χ0) is 13.2. The maximum absolute atomic E-state index is 6.41. The predicted octanol–water partition coefficient (Wildman–Crippen LogP) is 1.85. The van der Waals surface area contributed by atoms with Crippen LogP contribution >= 0.6 is 12.4 Å². The molecule has 1 aromatic carbocycles. The molecule has 2 aliphatic heterocycles. The van der Waals surface area contributed by atoms with Gasteiger partial charge in [-0.3, -0.25) is 0 Å². The van der Waals surface area contributed by atoms with E-state index in [1.807, 2.05) is 12.1 Å². The van der Waals surface area contributed by atoms with Crippen LogP contribution in [0.2, 0.25) is 0 Å². The lowest BCUT2D eigenvalue weighted by Gasteiger charge is -2.28. The van der Waals surface area contributed by atoms with Gasteiger partial charge in [0.2, 0.25) is 12.5 Å². The number of ether oxygens (including phenoxy) is 3. The lowest BCUT2D eigenvalue weighted by molar-refractivity contribution is 0.171. The van der Waals surface area contributed by atoms with Gasteiger partial charge in [-0.15, -0.1) is 12.4 Å². The summed E-state index contributed by atoms with van der Waals surface area (Å²) < 4.78 is 16.2. The van der Waals surface area contributed by atoms with Gasteiger partial charge in [0, 0.05) is 6.04 Å². The molecule has 6 heteroatoms. The number of piperidine rings is 1. The van der Waals surface area contributed by atoms with Crippen molar-refractivity contribution in [1.29, 1.82) is 0 Å². The van der Waals surface area contributed by atoms with Crippen LogP contribution in [0.4, 0.5) is 0 Å². The molecule has 0 saturated carbocycles. The van der Waals surface area contributed by atoms with Crippen LogP contribution in [-0.4, -0.2) is 27.0 Å². The molecule has 3 rings (SSSR count). The molecule has 2 heterocycles. The number of methoxy groups -OCH3 is 1. The first-order valence-corrected chi connectivity index (χ1v) is 6.73. The highest BCUT2D eigenvalue weighted by atomic mass is 35.5. The quantitative estimate of drug-likeness (QED) is 0.892. The maximum Gasteiger partial charge on any atom is 0.231 e. The fraction of sp³-hybridized carbons (Fsp3) is 0.571. The first-order valence-electron chi connectivity index (χ1n) is 6.73. The van der Waals surface area contributed by atoms with Gasteiger partial charge < -0.3 is 25.3 Å². The number of hydrogen-bond donors (Lipinski definition) is 2. The van der Waals surface area contributed by atoms with Gasteiger partial charge in [0.05, 0.1) is 7.11 Å². The highest BCUT2D eigenvalue weighted by Crippen LogP contribution is 2.43. The number of nitrogens with two attached hydrogens (primary N) is 1. The topological polar surface area (TPSA) is 65.7 Å². The smallest absolute Gasteiger partial charge is 0.231 e. The van der Waals surface area contributed by atoms with Crippen molar-refractivity contribution in [3.63, 3.8) is 0 Å². The Morgan fingerprint density at radius 1 is 1.30 bits per heavy atom. The van der Waals surface area contributed by atoms with E-state index in [9.17, 15) is 0 Å². The molecule has 5 nitrogen and oxygen atoms in total. The number of nitrogens with one attached hydrogen (secondary N) is 1. The molecule has 0 spiro atoms. The Kier molecular flexibility index (Phi) is 4.96. The molecule has 1 saturated heterocycles. The summed E-state index contributed by atoms with van der Waals surface area (Å²) in [6.45, 7) is 2.33. The number of benzene rings is 1. The zero-order valence-corrected chi connectivity index (χ0v) is 12.4. The Balaban J connectivity index is 0.00000147. The molecular formula is C14H21ClN2O3. The van der Waals surface area contributed by atoms with E-state index >= 15 is 0 Å². The van der Waals surface area contributed by atoms with E-state index in [4.69, 9.17) is 19.9 Å². The molecule has 1 aromatic rings. The Bertz CT molecular complexity index is 464. The van der Waals surface area contributed by atoms with Crippen LogP contribution in [0.15, 0.2) is 12.1 Å². The van der Waals surface area contributed by atoms with Crippen LogP contribution in [-0.2, 0) is 0 Å². The summed E-state index contributed by atoms with van der Waals surface area (Å²) in [5, 5.41) is 3.36. The van der Waals surface area contributed by atoms with Crippen LogP contribution in [0.25, 0.3) is 0 Å². The Morgan fingerprint density at radius 3 is 2.75 bits per heavy atom. The van der Waals surface area contributed by atoms with Crippen LogP contribution in [0.3, 0.4) is 0 Å². The van der Waals surface area contributed by atoms with Crippen molar-refractivity contribution in [2.75, 3.05) is 27.0 Å². The molecule has 20 heavy (non-hydrogen) atoms. The van der Waals surface area contributed by atoms with Gasteiger partial charge in [0.1, 0.15) is 0 Å². The van der Waals surface area contributed by atoms with E-state index in [0.29, 0.717) is 17.4 Å². The van der Waals surface area contributed by atoms with Gasteiger partial charge in [-0.05, 0) is 49.5 Å². The number of rotatable bonds is 3. The number of halogens is 1. The first kappa shape index (κ1) is 15.2. The standard InChI is InChI=1S/C14H20N2O3.ClH/c1-17-11-6-10(7-12-14(11)19-8-18-12)13(15)9-2-4-16-5-3-9;/h6-7,9,13,16H,2-5,8,15H2,1H3;1H/t13-;/m1./s1. The largest absolute Gasteiger partial charge is 0.493 e. The van der Waals surface area contributed by atoms with Gasteiger partial charge in [-0.25, -0.2) is 0 Å². The molecule has 0 aromatic heterocycles. The van der Waals surface area contributed by atoms with Crippen LogP contribution < -0.4 is 25.3 Å². The fourth-order valence-corrected chi connectivity index (χ4v) is 2.82. The normalized spacial score (nSPS) is 19.3. The summed E-state index contributed by atoms with van der Waals surface area (Å²) in [6.07, 6.45) is 2.22. The summed E-state index contributed by atoms with van der Waals surface area (Å²) in [7, 11) is 1.64. The van der Waals surface area contributed by atoms with E-state index in [1.54, 1.807) is 7.11 Å². The molecule has 0 amide bonds. The fourth-order valence-electron chi connectivity index (χ4n) is 2.82. The third kappa shape index (κ3) is 2.80. The minimum atomic E-state index is 0. The lowest BCUT2D eigenvalue weighted by atomic mass is 9.86. The molecule has 2 aliphatic rings. The van der Waals surface area contributed by atoms with Crippen molar-refractivity contribution < 1.29 is 14.2 Å². The van der Waals surface area contributed by atoms with Crippen LogP contribution in [0, 0.1) is 5.92 Å². The van der Waals surface area contributed by atoms with Crippen molar-refractivity contribution in [3.05, 3.63) is 17.7 Å². The summed E-state index contributed by atoms with van der Waals surface area (Å²) in [5.74, 6) is 2.63. The molecular weight excluding hydrogens is 280 g/mol. The van der Waals surface area contributed by atoms with Crippen molar-refractivity contribution in [3.8, 4) is 17.2 Å². The number of fused-ring (bicyclic) bond motifs is 1. The van der Waals surface area contributed by atoms with Crippen molar-refractivity contribution in [2.45, 2.75) is 18.9 Å². The van der Waals surface area contributed by atoms with Gasteiger partial charge in [-0.2, -0.15) is 0 Å². The highest BCUT2D eigenvalue weighted by molar-refractivity contribution is 5.85. The van der Waals surface area contributed by atoms with Crippen LogP contribution in [0.1, 0.15) is 24.4 Å². The van der Waals surface area contributed by atoms with E-state index in [0.717, 1.165) is 37.2 Å². The summed E-state index contributed by atoms with van der Waals surface area (Å²) in [4.78, 5) is 0. The van der Waals surface area contributed by atoms with Crippen molar-refractivity contribution in [2.24, 2.45) is 11.7 Å². The van der Waals surface area contributed by atoms with Gasteiger partial charge in [-0.1, -0.05) is 0 Å². The molecule has 3 N–H and O–H groups in total. The third-order valence-corrected chi connectivity index (χ3v) is 3.96. The second kappa shape index (κ2) is 6.52. The van der Waals surface area contributed by atoms with Crippen LogP contribution in [0.5, 0.6) is 17.2 Å². The zero-order valence-electron chi connectivity index (χ0n) is 11.6. The summed E-state index contributed by atoms with van der Waals surface area (Å²) >= 11 is 0. The molecule has 1 atom stereocenters. The van der Waals surface area contributed by atoms with Crippen molar-refractivity contribution >= 4 is 12.4 Å². The van der Waals surface area contributed by atoms with Crippen molar-refractivity contribution in [1.82, 2.24) is 5.32 Å². The average molecular weight is 301 g/mol. The van der Waals surface area contributed by atoms with Gasteiger partial charge in [0.25, 0.3) is 0 Å². The van der Waals surface area contributed by atoms with E-state index in [-0.39, 0.29) is 25.2 Å².